The van der Waals surface area contributed by atoms with Crippen molar-refractivity contribution >= 4 is 23.5 Å². The Kier molecular flexibility index (Phi) is 5.12. The molecule has 1 aromatic heterocycles. The number of nitrogens with zero attached hydrogens (tertiary/aromatic N) is 1. The number of hydrogen-bond acceptors (Lipinski definition) is 3. The molecule has 0 aliphatic rings. The molecule has 1 aromatic carbocycles. The van der Waals surface area contributed by atoms with Crippen molar-refractivity contribution in [3.05, 3.63) is 64.4 Å². The van der Waals surface area contributed by atoms with E-state index >= 15 is 0 Å². The van der Waals surface area contributed by atoms with Crippen molar-refractivity contribution in [1.82, 2.24) is 10.3 Å². The van der Waals surface area contributed by atoms with Gasteiger partial charge >= 0.3 is 5.97 Å². The molecule has 6 heteroatoms. The van der Waals surface area contributed by atoms with Crippen LogP contribution in [0.3, 0.4) is 0 Å². The zero-order chi connectivity index (χ0) is 16.1. The van der Waals surface area contributed by atoms with Crippen LogP contribution in [0.2, 0.25) is 5.02 Å². The normalized spacial score (nSPS) is 11.7. The Hall–Kier alpha value is -2.40. The van der Waals surface area contributed by atoms with Crippen LogP contribution < -0.4 is 5.32 Å². The van der Waals surface area contributed by atoms with Crippen molar-refractivity contribution < 1.29 is 14.7 Å². The zero-order valence-corrected chi connectivity index (χ0v) is 12.7. The molecule has 1 amide bonds. The SMILES string of the molecule is Cc1ccc(C(=O)N[C@H](CC(=O)O)c2ccc(Cl)cc2)cn1. The van der Waals surface area contributed by atoms with E-state index in [1.165, 1.54) is 6.20 Å². The highest BCUT2D eigenvalue weighted by atomic mass is 35.5. The van der Waals surface area contributed by atoms with Crippen LogP contribution in [0.4, 0.5) is 0 Å². The van der Waals surface area contributed by atoms with Crippen LogP contribution in [-0.4, -0.2) is 22.0 Å². The van der Waals surface area contributed by atoms with Crippen LogP contribution in [0, 0.1) is 6.92 Å². The summed E-state index contributed by atoms with van der Waals surface area (Å²) in [5.41, 5.74) is 1.87. The third kappa shape index (κ3) is 4.30. The summed E-state index contributed by atoms with van der Waals surface area (Å²) in [4.78, 5) is 27.3. The van der Waals surface area contributed by atoms with Gasteiger partial charge in [-0.25, -0.2) is 0 Å². The molecule has 0 bridgehead atoms. The standard InChI is InChI=1S/C16H15ClN2O3/c1-10-2-3-12(9-18-10)16(22)19-14(8-15(20)21)11-4-6-13(17)7-5-11/h2-7,9,14H,8H2,1H3,(H,19,22)(H,20,21)/t14-/m1/s1. The van der Waals surface area contributed by atoms with Gasteiger partial charge in [-0.3, -0.25) is 14.6 Å². The number of aryl methyl sites for hydroxylation is 1. The summed E-state index contributed by atoms with van der Waals surface area (Å²) >= 11 is 5.83. The molecule has 0 unspecified atom stereocenters. The molecule has 0 fully saturated rings. The summed E-state index contributed by atoms with van der Waals surface area (Å²) in [5.74, 6) is -1.36. The summed E-state index contributed by atoms with van der Waals surface area (Å²) < 4.78 is 0. The number of nitrogens with one attached hydrogen (secondary N) is 1. The van der Waals surface area contributed by atoms with Gasteiger partial charge in [0.15, 0.2) is 0 Å². The fourth-order valence-corrected chi connectivity index (χ4v) is 2.09. The number of carboxylic acid groups (broad SMARTS) is 1. The minimum Gasteiger partial charge on any atom is -0.481 e. The van der Waals surface area contributed by atoms with Crippen molar-refractivity contribution in [1.29, 1.82) is 0 Å². The van der Waals surface area contributed by atoms with Crippen LogP contribution in [0.5, 0.6) is 0 Å². The quantitative estimate of drug-likeness (QED) is 0.888. The summed E-state index contributed by atoms with van der Waals surface area (Å²) in [6.07, 6.45) is 1.25. The molecule has 5 nitrogen and oxygen atoms in total. The van der Waals surface area contributed by atoms with Gasteiger partial charge in [-0.1, -0.05) is 23.7 Å². The van der Waals surface area contributed by atoms with Gasteiger partial charge in [0.2, 0.25) is 0 Å². The molecule has 0 spiro atoms. The smallest absolute Gasteiger partial charge is 0.305 e. The molecule has 2 aromatic rings. The number of halogens is 1. The average Bonchev–Trinajstić information content (AvgIpc) is 2.47. The van der Waals surface area contributed by atoms with Gasteiger partial charge in [-0.15, -0.1) is 0 Å². The maximum Gasteiger partial charge on any atom is 0.305 e. The number of amides is 1. The van der Waals surface area contributed by atoms with E-state index in [9.17, 15) is 9.59 Å². The van der Waals surface area contributed by atoms with E-state index in [0.29, 0.717) is 16.1 Å². The second-order valence-corrected chi connectivity index (χ2v) is 5.30. The van der Waals surface area contributed by atoms with Crippen LogP contribution in [0.1, 0.15) is 34.1 Å². The maximum absolute atomic E-state index is 12.2. The first-order valence-electron chi connectivity index (χ1n) is 6.66. The molecule has 0 aliphatic heterocycles. The average molecular weight is 319 g/mol. The first-order valence-corrected chi connectivity index (χ1v) is 7.04. The molecule has 0 radical (unpaired) electrons. The number of aromatic nitrogens is 1. The second-order valence-electron chi connectivity index (χ2n) is 4.86. The lowest BCUT2D eigenvalue weighted by molar-refractivity contribution is -0.137. The summed E-state index contributed by atoms with van der Waals surface area (Å²) in [6.45, 7) is 1.82. The van der Waals surface area contributed by atoms with Crippen molar-refractivity contribution in [3.8, 4) is 0 Å². The predicted molar refractivity (Wildman–Crippen MR) is 82.9 cm³/mol. The molecular formula is C16H15ClN2O3. The topological polar surface area (TPSA) is 79.3 Å². The van der Waals surface area contributed by atoms with Gasteiger partial charge in [0.05, 0.1) is 18.0 Å². The Morgan fingerprint density at radius 1 is 1.23 bits per heavy atom. The number of aliphatic carboxylic acids is 1. The lowest BCUT2D eigenvalue weighted by Gasteiger charge is -2.17. The molecule has 0 saturated heterocycles. The zero-order valence-electron chi connectivity index (χ0n) is 11.9. The Morgan fingerprint density at radius 2 is 1.91 bits per heavy atom. The Labute approximate surface area is 133 Å². The molecular weight excluding hydrogens is 304 g/mol. The van der Waals surface area contributed by atoms with E-state index in [2.05, 4.69) is 10.3 Å². The van der Waals surface area contributed by atoms with Gasteiger partial charge in [0, 0.05) is 16.9 Å². The van der Waals surface area contributed by atoms with Crippen molar-refractivity contribution in [2.75, 3.05) is 0 Å². The van der Waals surface area contributed by atoms with Crippen LogP contribution in [0.25, 0.3) is 0 Å². The fraction of sp³-hybridized carbons (Fsp3) is 0.188. The maximum atomic E-state index is 12.2. The number of carboxylic acids is 1. The van der Waals surface area contributed by atoms with E-state index in [0.717, 1.165) is 5.69 Å². The van der Waals surface area contributed by atoms with Gasteiger partial charge in [-0.05, 0) is 36.8 Å². The molecule has 2 N–H and O–H groups in total. The minimum absolute atomic E-state index is 0.216. The van der Waals surface area contributed by atoms with E-state index in [1.807, 2.05) is 6.92 Å². The molecule has 114 valence electrons. The first-order chi connectivity index (χ1) is 10.5. The molecule has 22 heavy (non-hydrogen) atoms. The highest BCUT2D eigenvalue weighted by Crippen LogP contribution is 2.20. The van der Waals surface area contributed by atoms with E-state index in [-0.39, 0.29) is 12.3 Å². The molecule has 1 heterocycles. The van der Waals surface area contributed by atoms with Gasteiger partial charge in [-0.2, -0.15) is 0 Å². The predicted octanol–water partition coefficient (Wildman–Crippen LogP) is 2.99. The molecule has 2 rings (SSSR count). The van der Waals surface area contributed by atoms with E-state index < -0.39 is 12.0 Å². The van der Waals surface area contributed by atoms with Gasteiger partial charge in [0.1, 0.15) is 0 Å². The van der Waals surface area contributed by atoms with Crippen molar-refractivity contribution in [2.24, 2.45) is 0 Å². The molecule has 0 saturated carbocycles. The van der Waals surface area contributed by atoms with Crippen LogP contribution >= 0.6 is 11.6 Å². The van der Waals surface area contributed by atoms with Gasteiger partial charge < -0.3 is 10.4 Å². The van der Waals surface area contributed by atoms with E-state index in [4.69, 9.17) is 16.7 Å². The lowest BCUT2D eigenvalue weighted by atomic mass is 10.0. The monoisotopic (exact) mass is 318 g/mol. The highest BCUT2D eigenvalue weighted by molar-refractivity contribution is 6.30. The number of carbonyl (C=O) groups is 2. The Morgan fingerprint density at radius 3 is 2.45 bits per heavy atom. The second kappa shape index (κ2) is 7.04. The summed E-state index contributed by atoms with van der Waals surface area (Å²) in [7, 11) is 0. The molecule has 0 aliphatic carbocycles. The third-order valence-corrected chi connectivity index (χ3v) is 3.38. The Bertz CT molecular complexity index is 669. The van der Waals surface area contributed by atoms with Crippen LogP contribution in [0.15, 0.2) is 42.6 Å². The number of carbonyl (C=O) groups excluding carboxylic acids is 1. The van der Waals surface area contributed by atoms with Crippen molar-refractivity contribution in [3.63, 3.8) is 0 Å². The Balaban J connectivity index is 2.19. The number of rotatable bonds is 5. The summed E-state index contributed by atoms with van der Waals surface area (Å²) in [5, 5.41) is 12.3. The lowest BCUT2D eigenvalue weighted by Crippen LogP contribution is -2.30. The number of pyridine rings is 1. The van der Waals surface area contributed by atoms with Crippen LogP contribution in [-0.2, 0) is 4.79 Å². The first kappa shape index (κ1) is 16.0. The van der Waals surface area contributed by atoms with Crippen molar-refractivity contribution in [2.45, 2.75) is 19.4 Å². The third-order valence-electron chi connectivity index (χ3n) is 3.13. The molecule has 1 atom stereocenters. The van der Waals surface area contributed by atoms with E-state index in [1.54, 1.807) is 36.4 Å². The number of hydrogen-bond donors (Lipinski definition) is 2. The minimum atomic E-state index is -0.998. The highest BCUT2D eigenvalue weighted by Gasteiger charge is 2.19. The number of benzene rings is 1. The summed E-state index contributed by atoms with van der Waals surface area (Å²) in [6, 6.07) is 9.45. The van der Waals surface area contributed by atoms with Gasteiger partial charge in [0.25, 0.3) is 5.91 Å². The fourth-order valence-electron chi connectivity index (χ4n) is 1.97. The largest absolute Gasteiger partial charge is 0.481 e.